The van der Waals surface area contributed by atoms with Crippen molar-refractivity contribution >= 4 is 19.8 Å². The van der Waals surface area contributed by atoms with Gasteiger partial charge in [-0.05, 0) is 44.9 Å². The third-order valence-corrected chi connectivity index (χ3v) is 9.28. The van der Waals surface area contributed by atoms with Crippen molar-refractivity contribution in [3.8, 4) is 0 Å². The number of rotatable bonds is 37. The zero-order chi connectivity index (χ0) is 38.4. The minimum absolute atomic E-state index is 0.0341. The van der Waals surface area contributed by atoms with Crippen LogP contribution in [0.5, 0.6) is 0 Å². The minimum atomic E-state index is -4.40. The van der Waals surface area contributed by atoms with E-state index in [0.29, 0.717) is 19.3 Å². The molecule has 0 aromatic rings. The molecule has 0 amide bonds. The van der Waals surface area contributed by atoms with Gasteiger partial charge in [-0.3, -0.25) is 18.6 Å². The van der Waals surface area contributed by atoms with Crippen molar-refractivity contribution in [2.24, 2.45) is 5.73 Å². The molecule has 0 bridgehead atoms. The summed E-state index contributed by atoms with van der Waals surface area (Å²) < 4.78 is 32.6. The quantitative estimate of drug-likeness (QED) is 0.0183. The average Bonchev–Trinajstić information content (AvgIpc) is 3.12. The van der Waals surface area contributed by atoms with Crippen molar-refractivity contribution in [3.63, 3.8) is 0 Å². The monoisotopic (exact) mass is 756 g/mol. The maximum Gasteiger partial charge on any atom is 0.472 e. The van der Waals surface area contributed by atoms with Gasteiger partial charge >= 0.3 is 19.8 Å². The Morgan fingerprint density at radius 1 is 0.673 bits per heavy atom. The van der Waals surface area contributed by atoms with Crippen LogP contribution in [0.2, 0.25) is 0 Å². The van der Waals surface area contributed by atoms with E-state index in [1.165, 1.54) is 83.5 Å². The highest BCUT2D eigenvalue weighted by atomic mass is 31.2. The number of ether oxygens (including phenoxy) is 2. The first-order chi connectivity index (χ1) is 25.2. The van der Waals surface area contributed by atoms with Crippen molar-refractivity contribution in [3.05, 3.63) is 48.6 Å². The second kappa shape index (κ2) is 37.3. The molecule has 302 valence electrons. The van der Waals surface area contributed by atoms with E-state index in [2.05, 4.69) is 19.9 Å². The molecule has 52 heavy (non-hydrogen) atoms. The van der Waals surface area contributed by atoms with Crippen LogP contribution >= 0.6 is 7.82 Å². The number of aliphatic hydroxyl groups excluding tert-OH is 1. The van der Waals surface area contributed by atoms with Crippen LogP contribution in [0.4, 0.5) is 0 Å². The molecule has 0 heterocycles. The molecular weight excluding hydrogens is 681 g/mol. The minimum Gasteiger partial charge on any atom is -0.462 e. The molecule has 1 unspecified atom stereocenters. The van der Waals surface area contributed by atoms with Gasteiger partial charge in [-0.25, -0.2) is 4.57 Å². The molecule has 11 heteroatoms. The van der Waals surface area contributed by atoms with E-state index in [1.54, 1.807) is 6.08 Å². The van der Waals surface area contributed by atoms with Crippen molar-refractivity contribution in [2.75, 3.05) is 26.4 Å². The lowest BCUT2D eigenvalue weighted by Gasteiger charge is -2.19. The lowest BCUT2D eigenvalue weighted by Crippen LogP contribution is -2.29. The predicted octanol–water partition coefficient (Wildman–Crippen LogP) is 10.1. The van der Waals surface area contributed by atoms with Crippen LogP contribution in [0.3, 0.4) is 0 Å². The third kappa shape index (κ3) is 36.3. The first-order valence-electron chi connectivity index (χ1n) is 20.2. The van der Waals surface area contributed by atoms with Crippen molar-refractivity contribution < 1.29 is 42.7 Å². The number of carbonyl (C=O) groups is 2. The Morgan fingerprint density at radius 3 is 1.90 bits per heavy atom. The van der Waals surface area contributed by atoms with Gasteiger partial charge in [-0.2, -0.15) is 0 Å². The predicted molar refractivity (Wildman–Crippen MR) is 212 cm³/mol. The van der Waals surface area contributed by atoms with Gasteiger partial charge in [0.25, 0.3) is 0 Å². The van der Waals surface area contributed by atoms with Gasteiger partial charge in [0, 0.05) is 19.4 Å². The summed E-state index contributed by atoms with van der Waals surface area (Å²) >= 11 is 0. The van der Waals surface area contributed by atoms with E-state index in [1.807, 2.05) is 36.5 Å². The summed E-state index contributed by atoms with van der Waals surface area (Å²) in [4.78, 5) is 34.7. The Morgan fingerprint density at radius 2 is 1.25 bits per heavy atom. The van der Waals surface area contributed by atoms with Crippen LogP contribution in [-0.2, 0) is 32.7 Å². The van der Waals surface area contributed by atoms with E-state index in [4.69, 9.17) is 24.3 Å². The van der Waals surface area contributed by atoms with Crippen LogP contribution in [0.25, 0.3) is 0 Å². The SMILES string of the molecule is CCCCC/C=C\C[C@H](O)/C=C/C=C\C/C=C\CCCC(=O)O[C@H](COC(=O)CCCCCCCCCCCCCCC)COP(=O)(O)OCCN. The number of unbranched alkanes of at least 4 members (excludes halogenated alkanes) is 16. The lowest BCUT2D eigenvalue weighted by molar-refractivity contribution is -0.161. The fourth-order valence-electron chi connectivity index (χ4n) is 5.24. The zero-order valence-corrected chi connectivity index (χ0v) is 33.5. The number of esters is 2. The summed E-state index contributed by atoms with van der Waals surface area (Å²) in [5, 5.41) is 10.0. The van der Waals surface area contributed by atoms with Gasteiger partial charge in [-0.1, -0.05) is 152 Å². The third-order valence-electron chi connectivity index (χ3n) is 8.30. The number of phosphoric acid groups is 1. The summed E-state index contributed by atoms with van der Waals surface area (Å²) in [6.45, 7) is 3.53. The molecular formula is C41H74NO9P. The van der Waals surface area contributed by atoms with Crippen LogP contribution in [0.1, 0.15) is 162 Å². The first kappa shape index (κ1) is 49.9. The Bertz CT molecular complexity index is 1010. The highest BCUT2D eigenvalue weighted by Crippen LogP contribution is 2.43. The molecule has 0 aliphatic carbocycles. The highest BCUT2D eigenvalue weighted by Gasteiger charge is 2.25. The Kier molecular flexibility index (Phi) is 35.8. The summed E-state index contributed by atoms with van der Waals surface area (Å²) in [5.41, 5.74) is 5.33. The van der Waals surface area contributed by atoms with E-state index >= 15 is 0 Å². The number of carbonyl (C=O) groups excluding carboxylic acids is 2. The Labute approximate surface area is 316 Å². The molecule has 0 radical (unpaired) electrons. The number of allylic oxidation sites excluding steroid dienone is 6. The second-order valence-corrected chi connectivity index (χ2v) is 14.8. The molecule has 0 aliphatic heterocycles. The summed E-state index contributed by atoms with van der Waals surface area (Å²) in [7, 11) is -4.40. The van der Waals surface area contributed by atoms with Gasteiger partial charge in [0.2, 0.25) is 0 Å². The van der Waals surface area contributed by atoms with Gasteiger partial charge in [-0.15, -0.1) is 0 Å². The van der Waals surface area contributed by atoms with Gasteiger partial charge < -0.3 is 25.2 Å². The molecule has 0 aromatic heterocycles. The van der Waals surface area contributed by atoms with Crippen molar-refractivity contribution in [1.82, 2.24) is 0 Å². The van der Waals surface area contributed by atoms with E-state index in [9.17, 15) is 24.2 Å². The maximum atomic E-state index is 12.5. The second-order valence-electron chi connectivity index (χ2n) is 13.4. The smallest absolute Gasteiger partial charge is 0.462 e. The number of nitrogens with two attached hydrogens (primary N) is 1. The van der Waals surface area contributed by atoms with E-state index < -0.39 is 38.6 Å². The van der Waals surface area contributed by atoms with Crippen LogP contribution in [-0.4, -0.2) is 60.5 Å². The standard InChI is InChI=1S/C41H74NO9P/c1-3-5-7-9-11-12-13-14-15-16-20-24-28-32-40(44)48-36-39(37-50-52(46,47)49-35-34-42)51-41(45)33-29-25-21-18-17-19-23-27-31-38(43)30-26-22-10-8-6-4-2/h18-19,21-23,26-27,31,38-39,43H,3-17,20,24-25,28-30,32-37,42H2,1-2H3,(H,46,47)/b21-18-,23-19-,26-22-,31-27+/t38-,39+/m0/s1. The van der Waals surface area contributed by atoms with Gasteiger partial charge in [0.15, 0.2) is 6.10 Å². The summed E-state index contributed by atoms with van der Waals surface area (Å²) in [6.07, 6.45) is 37.4. The first-order valence-corrected chi connectivity index (χ1v) is 21.7. The average molecular weight is 756 g/mol. The summed E-state index contributed by atoms with van der Waals surface area (Å²) in [6, 6.07) is 0. The molecule has 0 fully saturated rings. The number of phosphoric ester groups is 1. The van der Waals surface area contributed by atoms with Crippen LogP contribution < -0.4 is 5.73 Å². The zero-order valence-electron chi connectivity index (χ0n) is 32.6. The Balaban J connectivity index is 4.37. The molecule has 4 N–H and O–H groups in total. The fraction of sp³-hybridized carbons (Fsp3) is 0.756. The van der Waals surface area contributed by atoms with Gasteiger partial charge in [0.1, 0.15) is 6.61 Å². The topological polar surface area (TPSA) is 155 Å². The highest BCUT2D eigenvalue weighted by molar-refractivity contribution is 7.47. The molecule has 0 saturated carbocycles. The number of hydrogen-bond acceptors (Lipinski definition) is 9. The number of hydrogen-bond donors (Lipinski definition) is 3. The summed E-state index contributed by atoms with van der Waals surface area (Å²) in [5.74, 6) is -0.934. The fourth-order valence-corrected chi connectivity index (χ4v) is 6.00. The molecule has 0 spiro atoms. The van der Waals surface area contributed by atoms with E-state index in [-0.39, 0.29) is 32.6 Å². The molecule has 3 atom stereocenters. The van der Waals surface area contributed by atoms with Gasteiger partial charge in [0.05, 0.1) is 19.3 Å². The molecule has 10 nitrogen and oxygen atoms in total. The molecule has 0 aliphatic rings. The number of aliphatic hydroxyl groups is 1. The maximum absolute atomic E-state index is 12.5. The van der Waals surface area contributed by atoms with Crippen molar-refractivity contribution in [2.45, 2.75) is 174 Å². The largest absolute Gasteiger partial charge is 0.472 e. The Hall–Kier alpha value is -2.07. The van der Waals surface area contributed by atoms with E-state index in [0.717, 1.165) is 32.1 Å². The molecule has 0 aromatic carbocycles. The molecule has 0 rings (SSSR count). The van der Waals surface area contributed by atoms with Crippen molar-refractivity contribution in [1.29, 1.82) is 0 Å². The molecule has 0 saturated heterocycles. The lowest BCUT2D eigenvalue weighted by atomic mass is 10.0. The van der Waals surface area contributed by atoms with Crippen LogP contribution in [0.15, 0.2) is 48.6 Å². The normalized spacial score (nSPS) is 14.5. The van der Waals surface area contributed by atoms with Crippen LogP contribution in [0, 0.1) is 0 Å².